The highest BCUT2D eigenvalue weighted by Gasteiger charge is 2.18. The maximum Gasteiger partial charge on any atom is 0.405 e. The molecule has 0 spiro atoms. The van der Waals surface area contributed by atoms with E-state index in [1.807, 2.05) is 22.7 Å². The molecule has 1 fully saturated rings. The van der Waals surface area contributed by atoms with Gasteiger partial charge in [0.05, 0.1) is 12.3 Å². The van der Waals surface area contributed by atoms with Crippen LogP contribution >= 0.6 is 0 Å². The van der Waals surface area contributed by atoms with Crippen LogP contribution in [0, 0.1) is 5.92 Å². The first-order valence-electron chi connectivity index (χ1n) is 12.4. The standard InChI is InChI=1S/C21H25N5O2.C5H11NO2/c1-2-28-21(27)18-14-26-13-17(16-8-10-22-11-9-16)24-19(20(26)25-18)23-12-15-6-4-3-5-7-15;1-5(2,3)8-4(6)7/h8-11,13-15H,2-7,12H2,1H3,(H,23,24);1-3H3,(H2,6,7). The smallest absolute Gasteiger partial charge is 0.405 e. The summed E-state index contributed by atoms with van der Waals surface area (Å²) in [6.07, 6.45) is 12.8. The molecule has 1 aliphatic carbocycles. The summed E-state index contributed by atoms with van der Waals surface area (Å²) in [6.45, 7) is 8.26. The molecular formula is C26H36N6O4. The van der Waals surface area contributed by atoms with Crippen LogP contribution < -0.4 is 11.1 Å². The first-order chi connectivity index (χ1) is 17.2. The number of amides is 1. The monoisotopic (exact) mass is 496 g/mol. The lowest BCUT2D eigenvalue weighted by molar-refractivity contribution is 0.0519. The van der Waals surface area contributed by atoms with Gasteiger partial charge in [-0.3, -0.25) is 4.98 Å². The maximum absolute atomic E-state index is 12.1. The summed E-state index contributed by atoms with van der Waals surface area (Å²) in [5, 5.41) is 3.49. The zero-order chi connectivity index (χ0) is 26.1. The molecule has 1 amide bonds. The van der Waals surface area contributed by atoms with Gasteiger partial charge in [0.15, 0.2) is 17.2 Å². The summed E-state index contributed by atoms with van der Waals surface area (Å²) in [5.41, 5.74) is 6.95. The highest BCUT2D eigenvalue weighted by Crippen LogP contribution is 2.26. The van der Waals surface area contributed by atoms with Crippen LogP contribution in [0.5, 0.6) is 0 Å². The number of rotatable bonds is 6. The van der Waals surface area contributed by atoms with Crippen molar-refractivity contribution in [1.82, 2.24) is 19.4 Å². The van der Waals surface area contributed by atoms with Gasteiger partial charge in [0.25, 0.3) is 0 Å². The van der Waals surface area contributed by atoms with Gasteiger partial charge in [0.2, 0.25) is 0 Å². The summed E-state index contributed by atoms with van der Waals surface area (Å²) < 4.78 is 11.5. The number of carbonyl (C=O) groups is 2. The van der Waals surface area contributed by atoms with E-state index in [-0.39, 0.29) is 5.69 Å². The third-order valence-corrected chi connectivity index (χ3v) is 5.59. The minimum absolute atomic E-state index is 0.288. The van der Waals surface area contributed by atoms with Gasteiger partial charge in [-0.25, -0.2) is 19.6 Å². The van der Waals surface area contributed by atoms with Crippen molar-refractivity contribution >= 4 is 23.5 Å². The van der Waals surface area contributed by atoms with Crippen molar-refractivity contribution in [3.05, 3.63) is 42.6 Å². The molecule has 0 aromatic carbocycles. The maximum atomic E-state index is 12.1. The van der Waals surface area contributed by atoms with E-state index in [1.54, 1.807) is 46.3 Å². The molecule has 4 rings (SSSR count). The molecule has 10 nitrogen and oxygen atoms in total. The molecule has 3 aromatic rings. The highest BCUT2D eigenvalue weighted by molar-refractivity contribution is 5.89. The molecule has 3 N–H and O–H groups in total. The quantitative estimate of drug-likeness (QED) is 0.463. The van der Waals surface area contributed by atoms with Crippen LogP contribution in [0.4, 0.5) is 10.6 Å². The first-order valence-corrected chi connectivity index (χ1v) is 12.4. The largest absolute Gasteiger partial charge is 0.461 e. The van der Waals surface area contributed by atoms with E-state index in [0.29, 0.717) is 24.0 Å². The van der Waals surface area contributed by atoms with Gasteiger partial charge in [-0.15, -0.1) is 0 Å². The van der Waals surface area contributed by atoms with E-state index in [2.05, 4.69) is 20.0 Å². The molecule has 0 aliphatic heterocycles. The van der Waals surface area contributed by atoms with Crippen molar-refractivity contribution in [2.24, 2.45) is 11.7 Å². The van der Waals surface area contributed by atoms with Gasteiger partial charge in [-0.1, -0.05) is 19.3 Å². The number of esters is 1. The van der Waals surface area contributed by atoms with Crippen molar-refractivity contribution in [2.75, 3.05) is 18.5 Å². The fraction of sp³-hybridized carbons (Fsp3) is 0.500. The summed E-state index contributed by atoms with van der Waals surface area (Å²) in [7, 11) is 0. The van der Waals surface area contributed by atoms with Gasteiger partial charge in [-0.05, 0) is 58.6 Å². The number of aromatic nitrogens is 4. The summed E-state index contributed by atoms with van der Waals surface area (Å²) >= 11 is 0. The topological polar surface area (TPSA) is 134 Å². The van der Waals surface area contributed by atoms with Gasteiger partial charge in [0, 0.05) is 36.9 Å². The molecule has 194 valence electrons. The molecule has 1 saturated carbocycles. The predicted molar refractivity (Wildman–Crippen MR) is 138 cm³/mol. The molecule has 0 radical (unpaired) electrons. The second kappa shape index (κ2) is 12.3. The molecular weight excluding hydrogens is 460 g/mol. The number of nitrogens with zero attached hydrogens (tertiary/aromatic N) is 4. The number of nitrogens with two attached hydrogens (primary N) is 1. The number of pyridine rings is 1. The normalized spacial score (nSPS) is 14.0. The predicted octanol–water partition coefficient (Wildman–Crippen LogP) is 4.84. The van der Waals surface area contributed by atoms with E-state index >= 15 is 0 Å². The lowest BCUT2D eigenvalue weighted by Crippen LogP contribution is -2.27. The average molecular weight is 497 g/mol. The van der Waals surface area contributed by atoms with E-state index < -0.39 is 17.7 Å². The Bertz CT molecular complexity index is 1150. The minimum atomic E-state index is -0.725. The molecule has 0 atom stereocenters. The van der Waals surface area contributed by atoms with E-state index in [0.717, 1.165) is 17.8 Å². The van der Waals surface area contributed by atoms with Crippen LogP contribution in [0.2, 0.25) is 0 Å². The SMILES string of the molecule is CC(C)(C)OC(N)=O.CCOC(=O)c1cn2cc(-c3ccncc3)nc(NCC3CCCCC3)c2n1. The fourth-order valence-corrected chi connectivity index (χ4v) is 4.02. The average Bonchev–Trinajstić information content (AvgIpc) is 3.27. The zero-order valence-corrected chi connectivity index (χ0v) is 21.5. The van der Waals surface area contributed by atoms with Crippen molar-refractivity contribution in [3.8, 4) is 11.3 Å². The van der Waals surface area contributed by atoms with Crippen LogP contribution in [-0.2, 0) is 9.47 Å². The number of hydrogen-bond donors (Lipinski definition) is 2. The molecule has 3 aromatic heterocycles. The number of ether oxygens (including phenoxy) is 2. The van der Waals surface area contributed by atoms with Crippen LogP contribution in [0.15, 0.2) is 36.9 Å². The second-order valence-electron chi connectivity index (χ2n) is 9.71. The Morgan fingerprint density at radius 2 is 1.81 bits per heavy atom. The Morgan fingerprint density at radius 1 is 1.11 bits per heavy atom. The lowest BCUT2D eigenvalue weighted by atomic mass is 9.89. The van der Waals surface area contributed by atoms with Crippen LogP contribution in [0.1, 0.15) is 70.3 Å². The van der Waals surface area contributed by atoms with Gasteiger partial charge < -0.3 is 24.9 Å². The number of nitrogens with one attached hydrogen (secondary N) is 1. The Labute approximate surface area is 211 Å². The Balaban J connectivity index is 0.000000392. The lowest BCUT2D eigenvalue weighted by Gasteiger charge is -2.22. The second-order valence-corrected chi connectivity index (χ2v) is 9.71. The molecule has 10 heteroatoms. The van der Waals surface area contributed by atoms with Crippen LogP contribution in [0.25, 0.3) is 16.9 Å². The Kier molecular flexibility index (Phi) is 9.21. The van der Waals surface area contributed by atoms with Gasteiger partial charge in [-0.2, -0.15) is 0 Å². The molecule has 0 unspecified atom stereocenters. The van der Waals surface area contributed by atoms with Gasteiger partial charge in [0.1, 0.15) is 5.60 Å². The number of fused-ring (bicyclic) bond motifs is 1. The number of hydrogen-bond acceptors (Lipinski definition) is 8. The summed E-state index contributed by atoms with van der Waals surface area (Å²) in [6, 6.07) is 3.84. The Hall–Kier alpha value is -3.69. The molecule has 1 aliphatic rings. The third-order valence-electron chi connectivity index (χ3n) is 5.59. The Morgan fingerprint density at radius 3 is 2.39 bits per heavy atom. The van der Waals surface area contributed by atoms with Crippen molar-refractivity contribution in [1.29, 1.82) is 0 Å². The first kappa shape index (κ1) is 26.9. The number of carbonyl (C=O) groups excluding carboxylic acids is 2. The van der Waals surface area contributed by atoms with E-state index in [1.165, 1.54) is 32.1 Å². The third kappa shape index (κ3) is 7.93. The molecule has 0 bridgehead atoms. The number of anilines is 1. The van der Waals surface area contributed by atoms with Crippen LogP contribution in [-0.4, -0.2) is 50.2 Å². The molecule has 3 heterocycles. The summed E-state index contributed by atoms with van der Waals surface area (Å²) in [5.74, 6) is 0.921. The summed E-state index contributed by atoms with van der Waals surface area (Å²) in [4.78, 5) is 35.5. The fourth-order valence-electron chi connectivity index (χ4n) is 4.02. The van der Waals surface area contributed by atoms with E-state index in [4.69, 9.17) is 15.5 Å². The highest BCUT2D eigenvalue weighted by atomic mass is 16.6. The minimum Gasteiger partial charge on any atom is -0.461 e. The van der Waals surface area contributed by atoms with Crippen LogP contribution in [0.3, 0.4) is 0 Å². The number of primary amides is 1. The van der Waals surface area contributed by atoms with Crippen molar-refractivity contribution in [3.63, 3.8) is 0 Å². The zero-order valence-electron chi connectivity index (χ0n) is 21.5. The molecule has 36 heavy (non-hydrogen) atoms. The van der Waals surface area contributed by atoms with E-state index in [9.17, 15) is 9.59 Å². The van der Waals surface area contributed by atoms with Gasteiger partial charge >= 0.3 is 12.1 Å². The molecule has 0 saturated heterocycles. The van der Waals surface area contributed by atoms with Crippen molar-refractivity contribution < 1.29 is 19.1 Å². The van der Waals surface area contributed by atoms with Crippen molar-refractivity contribution in [2.45, 2.75) is 65.4 Å². The number of imidazole rings is 1.